The molecule has 0 fully saturated rings. The zero-order chi connectivity index (χ0) is 37.8. The molecule has 0 spiro atoms. The number of carbonyl (C=O) groups is 3. The van der Waals surface area contributed by atoms with E-state index in [0.29, 0.717) is 22.0 Å². The van der Waals surface area contributed by atoms with E-state index in [-0.39, 0.29) is 36.1 Å². The monoisotopic (exact) mass is 703 g/mol. The molecule has 1 heterocycles. The number of rotatable bonds is 9. The predicted molar refractivity (Wildman–Crippen MR) is 194 cm³/mol. The topological polar surface area (TPSA) is 176 Å². The van der Waals surface area contributed by atoms with E-state index in [4.69, 9.17) is 15.2 Å². The Morgan fingerprint density at radius 1 is 0.961 bits per heavy atom. The molecule has 4 aromatic rings. The van der Waals surface area contributed by atoms with Gasteiger partial charge < -0.3 is 36.1 Å². The van der Waals surface area contributed by atoms with Crippen molar-refractivity contribution in [3.8, 4) is 5.75 Å². The van der Waals surface area contributed by atoms with Crippen LogP contribution in [0.1, 0.15) is 82.7 Å². The predicted octanol–water partition coefficient (Wildman–Crippen LogP) is 7.21. The van der Waals surface area contributed by atoms with Crippen molar-refractivity contribution in [2.24, 2.45) is 0 Å². The van der Waals surface area contributed by atoms with Crippen molar-refractivity contribution in [1.82, 2.24) is 10.3 Å². The molecule has 0 aliphatic rings. The van der Waals surface area contributed by atoms with Gasteiger partial charge in [-0.1, -0.05) is 25.1 Å². The third-order valence-electron chi connectivity index (χ3n) is 7.73. The lowest BCUT2D eigenvalue weighted by Gasteiger charge is -2.28. The SMILES string of the molecule is Cc1cc(C(Nc2ccc3c(N(C(=O)OC(C)(C)C)C(=O)OC(C)(C)C)nccc3c2)C(=O)NCc2cc(N)cc(F)c2O)ccc1C(C)CO. The van der Waals surface area contributed by atoms with Crippen molar-refractivity contribution < 1.29 is 38.5 Å². The van der Waals surface area contributed by atoms with E-state index >= 15 is 0 Å². The van der Waals surface area contributed by atoms with Crippen molar-refractivity contribution in [2.75, 3.05) is 22.6 Å². The Hall–Kier alpha value is -5.43. The number of nitrogens with zero attached hydrogens (tertiary/aromatic N) is 2. The van der Waals surface area contributed by atoms with Crippen LogP contribution in [0.5, 0.6) is 5.75 Å². The second kappa shape index (κ2) is 15.2. The molecule has 6 N–H and O–H groups in total. The standard InChI is InChI=1S/C38H46FN5O7/c1-21-15-24(9-11-28(21)22(2)20-45)31(34(47)42-19-25-16-26(40)18-30(39)32(25)46)43-27-10-12-29-23(17-27)13-14-41-33(29)44(35(48)50-37(3,4)5)36(49)51-38(6,7)8/h9-18,22,31,43,45-46H,19-20,40H2,1-8H3,(H,42,47). The quantitative estimate of drug-likeness (QED) is 0.0884. The number of aryl methyl sites for hydroxylation is 1. The lowest BCUT2D eigenvalue weighted by molar-refractivity contribution is -0.122. The van der Waals surface area contributed by atoms with Gasteiger partial charge in [-0.25, -0.2) is 19.0 Å². The van der Waals surface area contributed by atoms with Gasteiger partial charge in [-0.3, -0.25) is 4.79 Å². The zero-order valence-electron chi connectivity index (χ0n) is 30.1. The first-order chi connectivity index (χ1) is 23.8. The van der Waals surface area contributed by atoms with E-state index in [1.807, 2.05) is 26.0 Å². The molecule has 0 saturated heterocycles. The molecule has 2 unspecified atom stereocenters. The van der Waals surface area contributed by atoms with Gasteiger partial charge in [-0.05, 0) is 101 Å². The Balaban J connectivity index is 1.74. The number of aliphatic hydroxyl groups excluding tert-OH is 1. The van der Waals surface area contributed by atoms with Crippen molar-refractivity contribution in [3.63, 3.8) is 0 Å². The number of imide groups is 1. The second-order valence-corrected chi connectivity index (χ2v) is 14.4. The summed E-state index contributed by atoms with van der Waals surface area (Å²) in [7, 11) is 0. The van der Waals surface area contributed by atoms with Gasteiger partial charge >= 0.3 is 12.2 Å². The number of aromatic nitrogens is 1. The Morgan fingerprint density at radius 3 is 2.20 bits per heavy atom. The van der Waals surface area contributed by atoms with Crippen LogP contribution >= 0.6 is 0 Å². The van der Waals surface area contributed by atoms with Gasteiger partial charge in [-0.2, -0.15) is 4.90 Å². The fraction of sp³-hybridized carbons (Fsp3) is 0.368. The number of phenols is 1. The molecule has 3 amide bonds. The van der Waals surface area contributed by atoms with E-state index in [9.17, 15) is 29.0 Å². The number of ether oxygens (including phenoxy) is 2. The van der Waals surface area contributed by atoms with E-state index in [2.05, 4.69) is 15.6 Å². The highest BCUT2D eigenvalue weighted by Crippen LogP contribution is 2.32. The molecular weight excluding hydrogens is 657 g/mol. The first kappa shape index (κ1) is 38.4. The number of aromatic hydroxyl groups is 1. The number of pyridine rings is 1. The van der Waals surface area contributed by atoms with Crippen LogP contribution in [-0.4, -0.2) is 51.1 Å². The van der Waals surface area contributed by atoms with Crippen LogP contribution in [0.4, 0.5) is 31.2 Å². The highest BCUT2D eigenvalue weighted by Gasteiger charge is 2.34. The summed E-state index contributed by atoms with van der Waals surface area (Å²) in [6.07, 6.45) is -0.484. The number of carbonyl (C=O) groups excluding carboxylic acids is 3. The van der Waals surface area contributed by atoms with Crippen molar-refractivity contribution >= 4 is 46.1 Å². The minimum atomic E-state index is -0.978. The van der Waals surface area contributed by atoms with Crippen LogP contribution in [-0.2, 0) is 20.8 Å². The van der Waals surface area contributed by atoms with Gasteiger partial charge in [-0.15, -0.1) is 0 Å². The lowest BCUT2D eigenvalue weighted by Crippen LogP contribution is -2.44. The van der Waals surface area contributed by atoms with E-state index in [1.54, 1.807) is 71.9 Å². The first-order valence-electron chi connectivity index (χ1n) is 16.4. The third-order valence-corrected chi connectivity index (χ3v) is 7.73. The summed E-state index contributed by atoms with van der Waals surface area (Å²) in [4.78, 5) is 45.7. The summed E-state index contributed by atoms with van der Waals surface area (Å²) in [6.45, 7) is 13.6. The summed E-state index contributed by atoms with van der Waals surface area (Å²) in [5.74, 6) is -2.13. The van der Waals surface area contributed by atoms with Crippen LogP contribution in [0, 0.1) is 12.7 Å². The highest BCUT2D eigenvalue weighted by molar-refractivity contribution is 6.14. The van der Waals surface area contributed by atoms with Crippen LogP contribution in [0.2, 0.25) is 0 Å². The molecule has 13 heteroatoms. The number of hydrogen-bond donors (Lipinski definition) is 5. The van der Waals surface area contributed by atoms with E-state index < -0.39 is 46.9 Å². The number of nitrogen functional groups attached to an aromatic ring is 1. The van der Waals surface area contributed by atoms with Gasteiger partial charge in [0, 0.05) is 53.7 Å². The Kier molecular flexibility index (Phi) is 11.4. The molecule has 0 aliphatic heterocycles. The van der Waals surface area contributed by atoms with Gasteiger partial charge in [0.25, 0.3) is 0 Å². The number of halogens is 1. The average Bonchev–Trinajstić information content (AvgIpc) is 3.02. The number of aliphatic hydroxyl groups is 1. The lowest BCUT2D eigenvalue weighted by atomic mass is 9.93. The molecule has 0 bridgehead atoms. The molecule has 0 radical (unpaired) electrons. The van der Waals surface area contributed by atoms with Crippen LogP contribution < -0.4 is 21.3 Å². The Labute approximate surface area is 296 Å². The summed E-state index contributed by atoms with van der Waals surface area (Å²) in [5, 5.41) is 27.0. The summed E-state index contributed by atoms with van der Waals surface area (Å²) < 4.78 is 25.2. The number of anilines is 3. The molecule has 2 atom stereocenters. The molecule has 51 heavy (non-hydrogen) atoms. The maximum Gasteiger partial charge on any atom is 0.425 e. The average molecular weight is 704 g/mol. The number of fused-ring (bicyclic) bond motifs is 1. The Bertz CT molecular complexity index is 1910. The zero-order valence-corrected chi connectivity index (χ0v) is 30.1. The number of phenolic OH excluding ortho intramolecular Hbond substituents is 1. The fourth-order valence-electron chi connectivity index (χ4n) is 5.39. The van der Waals surface area contributed by atoms with Crippen LogP contribution in [0.15, 0.2) is 60.8 Å². The maximum absolute atomic E-state index is 14.2. The van der Waals surface area contributed by atoms with Crippen molar-refractivity contribution in [1.29, 1.82) is 0 Å². The number of benzene rings is 3. The first-order valence-corrected chi connectivity index (χ1v) is 16.4. The van der Waals surface area contributed by atoms with E-state index in [1.165, 1.54) is 12.3 Å². The molecular formula is C38H46FN5O7. The van der Waals surface area contributed by atoms with Gasteiger partial charge in [0.2, 0.25) is 5.91 Å². The van der Waals surface area contributed by atoms with Crippen molar-refractivity contribution in [2.45, 2.75) is 85.1 Å². The number of amides is 3. The molecule has 272 valence electrons. The summed E-state index contributed by atoms with van der Waals surface area (Å²) in [5.41, 5.74) is 7.02. The number of hydrogen-bond acceptors (Lipinski definition) is 10. The highest BCUT2D eigenvalue weighted by atomic mass is 19.1. The molecule has 4 rings (SSSR count). The van der Waals surface area contributed by atoms with Gasteiger partial charge in [0.05, 0.1) is 0 Å². The molecule has 0 aliphatic carbocycles. The minimum Gasteiger partial charge on any atom is -0.505 e. The molecule has 0 saturated carbocycles. The molecule has 12 nitrogen and oxygen atoms in total. The summed E-state index contributed by atoms with van der Waals surface area (Å²) >= 11 is 0. The maximum atomic E-state index is 14.2. The van der Waals surface area contributed by atoms with E-state index in [0.717, 1.165) is 22.1 Å². The fourth-order valence-corrected chi connectivity index (χ4v) is 5.39. The molecule has 1 aromatic heterocycles. The van der Waals surface area contributed by atoms with Gasteiger partial charge in [0.1, 0.15) is 17.2 Å². The number of nitrogens with one attached hydrogen (secondary N) is 2. The Morgan fingerprint density at radius 2 is 1.61 bits per heavy atom. The van der Waals surface area contributed by atoms with Crippen LogP contribution in [0.25, 0.3) is 10.8 Å². The number of nitrogens with two attached hydrogens (primary N) is 1. The smallest absolute Gasteiger partial charge is 0.425 e. The summed E-state index contributed by atoms with van der Waals surface area (Å²) in [6, 6.07) is 13.6. The second-order valence-electron chi connectivity index (χ2n) is 14.4. The largest absolute Gasteiger partial charge is 0.505 e. The third kappa shape index (κ3) is 9.63. The minimum absolute atomic E-state index is 0.00441. The van der Waals surface area contributed by atoms with Crippen LogP contribution in [0.3, 0.4) is 0 Å². The molecule has 3 aromatic carbocycles. The van der Waals surface area contributed by atoms with Gasteiger partial charge in [0.15, 0.2) is 17.4 Å². The van der Waals surface area contributed by atoms with Crippen molar-refractivity contribution in [3.05, 3.63) is 88.9 Å². The normalized spacial score (nSPS) is 12.9.